The third kappa shape index (κ3) is 2.87. The zero-order chi connectivity index (χ0) is 12.3. The summed E-state index contributed by atoms with van der Waals surface area (Å²) in [5.41, 5.74) is 0.211. The van der Waals surface area contributed by atoms with Gasteiger partial charge in [0.1, 0.15) is 6.04 Å². The molecule has 0 saturated heterocycles. The topological polar surface area (TPSA) is 69.6 Å². The predicted octanol–water partition coefficient (Wildman–Crippen LogP) is 1.29. The van der Waals surface area contributed by atoms with Crippen LogP contribution in [0.3, 0.4) is 0 Å². The average molecular weight is 228 g/mol. The van der Waals surface area contributed by atoms with E-state index < -0.39 is 12.0 Å². The zero-order valence-electron chi connectivity index (χ0n) is 10.1. The number of hydrogen-bond donors (Lipinski definition) is 2. The highest BCUT2D eigenvalue weighted by atomic mass is 16.4. The number of rotatable bonds is 4. The van der Waals surface area contributed by atoms with E-state index in [2.05, 4.69) is 12.2 Å². The van der Waals surface area contributed by atoms with E-state index in [0.29, 0.717) is 6.54 Å². The van der Waals surface area contributed by atoms with Crippen molar-refractivity contribution in [3.8, 4) is 0 Å². The van der Waals surface area contributed by atoms with Crippen LogP contribution in [0.1, 0.15) is 33.1 Å². The highest BCUT2D eigenvalue weighted by Crippen LogP contribution is 2.39. The predicted molar refractivity (Wildman–Crippen MR) is 60.2 cm³/mol. The molecule has 92 valence electrons. The lowest BCUT2D eigenvalue weighted by atomic mass is 9.70. The molecule has 1 atom stereocenters. The Balaban J connectivity index is 2.37. The van der Waals surface area contributed by atoms with Crippen LogP contribution in [0.15, 0.2) is 0 Å². The van der Waals surface area contributed by atoms with E-state index in [1.165, 1.54) is 25.3 Å². The van der Waals surface area contributed by atoms with Gasteiger partial charge in [0.15, 0.2) is 0 Å². The van der Waals surface area contributed by atoms with Crippen molar-refractivity contribution >= 4 is 12.0 Å². The van der Waals surface area contributed by atoms with Gasteiger partial charge in [-0.15, -0.1) is 0 Å². The number of nitrogens with zero attached hydrogens (tertiary/aromatic N) is 1. The van der Waals surface area contributed by atoms with Crippen LogP contribution in [-0.4, -0.2) is 41.6 Å². The summed E-state index contributed by atoms with van der Waals surface area (Å²) in [6.45, 7) is 4.26. The van der Waals surface area contributed by atoms with E-state index in [4.69, 9.17) is 5.11 Å². The van der Waals surface area contributed by atoms with E-state index in [1.807, 2.05) is 0 Å². The molecule has 0 bridgehead atoms. The summed E-state index contributed by atoms with van der Waals surface area (Å²) in [5.74, 6) is -0.993. The van der Waals surface area contributed by atoms with Crippen molar-refractivity contribution in [2.24, 2.45) is 5.41 Å². The molecule has 2 N–H and O–H groups in total. The Bertz CT molecular complexity index is 287. The fourth-order valence-corrected chi connectivity index (χ4v) is 1.71. The number of likely N-dealkylation sites (N-methyl/N-ethyl adjacent to an activating group) is 1. The van der Waals surface area contributed by atoms with Crippen LogP contribution in [0.5, 0.6) is 0 Å². The monoisotopic (exact) mass is 228 g/mol. The first kappa shape index (κ1) is 12.8. The quantitative estimate of drug-likeness (QED) is 0.761. The molecule has 1 aliphatic rings. The maximum absolute atomic E-state index is 11.6. The minimum Gasteiger partial charge on any atom is -0.480 e. The Morgan fingerprint density at radius 2 is 2.06 bits per heavy atom. The van der Waals surface area contributed by atoms with Crippen LogP contribution in [0.2, 0.25) is 0 Å². The number of amides is 2. The number of carboxylic acids is 1. The summed E-state index contributed by atoms with van der Waals surface area (Å²) in [5, 5.41) is 11.5. The summed E-state index contributed by atoms with van der Waals surface area (Å²) in [4.78, 5) is 23.5. The van der Waals surface area contributed by atoms with Crippen molar-refractivity contribution in [1.82, 2.24) is 10.2 Å². The lowest BCUT2D eigenvalue weighted by Gasteiger charge is -2.38. The summed E-state index contributed by atoms with van der Waals surface area (Å²) < 4.78 is 0. The van der Waals surface area contributed by atoms with Crippen LogP contribution in [0, 0.1) is 5.41 Å². The molecule has 0 aliphatic heterocycles. The van der Waals surface area contributed by atoms with Gasteiger partial charge >= 0.3 is 12.0 Å². The molecule has 2 amide bonds. The molecule has 0 aromatic rings. The summed E-state index contributed by atoms with van der Waals surface area (Å²) in [7, 11) is 1.50. The van der Waals surface area contributed by atoms with Gasteiger partial charge in [0.2, 0.25) is 0 Å². The molecule has 0 heterocycles. The average Bonchev–Trinajstić information content (AvgIpc) is 2.20. The number of carbonyl (C=O) groups is 2. The van der Waals surface area contributed by atoms with Gasteiger partial charge in [-0.2, -0.15) is 0 Å². The highest BCUT2D eigenvalue weighted by Gasteiger charge is 2.32. The van der Waals surface area contributed by atoms with Crippen LogP contribution < -0.4 is 5.32 Å². The number of aliphatic carboxylic acids is 1. The van der Waals surface area contributed by atoms with Gasteiger partial charge in [0.05, 0.1) is 0 Å². The zero-order valence-corrected chi connectivity index (χ0v) is 10.1. The first-order valence-corrected chi connectivity index (χ1v) is 5.59. The normalized spacial score (nSPS) is 19.4. The summed E-state index contributed by atoms with van der Waals surface area (Å²) in [6, 6.07) is -1.11. The Morgan fingerprint density at radius 1 is 1.50 bits per heavy atom. The third-order valence-corrected chi connectivity index (χ3v) is 3.49. The van der Waals surface area contributed by atoms with Crippen molar-refractivity contribution in [2.45, 2.75) is 39.2 Å². The second-order valence-corrected chi connectivity index (χ2v) is 4.95. The minimum absolute atomic E-state index is 0.211. The Labute approximate surface area is 95.8 Å². The molecule has 0 aromatic heterocycles. The Morgan fingerprint density at radius 3 is 2.44 bits per heavy atom. The lowest BCUT2D eigenvalue weighted by Crippen LogP contribution is -2.49. The van der Waals surface area contributed by atoms with E-state index in [9.17, 15) is 9.59 Å². The second-order valence-electron chi connectivity index (χ2n) is 4.95. The van der Waals surface area contributed by atoms with Gasteiger partial charge < -0.3 is 15.3 Å². The molecular weight excluding hydrogens is 208 g/mol. The number of carboxylic acid groups (broad SMARTS) is 1. The SMILES string of the molecule is CC(C(=O)O)N(C)C(=O)NCC1(C)CCC1. The molecule has 0 aromatic carbocycles. The molecular formula is C11H20N2O3. The van der Waals surface area contributed by atoms with E-state index in [-0.39, 0.29) is 11.4 Å². The smallest absolute Gasteiger partial charge is 0.326 e. The minimum atomic E-state index is -0.993. The molecule has 1 fully saturated rings. The fraction of sp³-hybridized carbons (Fsp3) is 0.818. The largest absolute Gasteiger partial charge is 0.480 e. The molecule has 5 nitrogen and oxygen atoms in total. The van der Waals surface area contributed by atoms with Gasteiger partial charge in [0, 0.05) is 13.6 Å². The third-order valence-electron chi connectivity index (χ3n) is 3.49. The van der Waals surface area contributed by atoms with E-state index in [1.54, 1.807) is 0 Å². The van der Waals surface area contributed by atoms with Crippen molar-refractivity contribution < 1.29 is 14.7 Å². The maximum Gasteiger partial charge on any atom is 0.326 e. The van der Waals surface area contributed by atoms with Gasteiger partial charge in [0.25, 0.3) is 0 Å². The standard InChI is InChI=1S/C11H20N2O3/c1-8(9(14)15)13(3)10(16)12-7-11(2)5-4-6-11/h8H,4-7H2,1-3H3,(H,12,16)(H,14,15). The molecule has 1 unspecified atom stereocenters. The molecule has 1 saturated carbocycles. The van der Waals surface area contributed by atoms with Gasteiger partial charge in [-0.05, 0) is 25.2 Å². The number of urea groups is 1. The molecule has 1 aliphatic carbocycles. The number of hydrogen-bond acceptors (Lipinski definition) is 2. The summed E-state index contributed by atoms with van der Waals surface area (Å²) in [6.07, 6.45) is 3.48. The van der Waals surface area contributed by atoms with E-state index >= 15 is 0 Å². The molecule has 1 rings (SSSR count). The van der Waals surface area contributed by atoms with Crippen LogP contribution in [0.4, 0.5) is 4.79 Å². The number of carbonyl (C=O) groups excluding carboxylic acids is 1. The molecule has 5 heteroatoms. The number of nitrogens with one attached hydrogen (secondary N) is 1. The maximum atomic E-state index is 11.6. The van der Waals surface area contributed by atoms with Crippen molar-refractivity contribution in [2.75, 3.05) is 13.6 Å². The highest BCUT2D eigenvalue weighted by molar-refractivity contribution is 5.82. The fourth-order valence-electron chi connectivity index (χ4n) is 1.71. The van der Waals surface area contributed by atoms with Gasteiger partial charge in [-0.25, -0.2) is 9.59 Å². The van der Waals surface area contributed by atoms with Crippen molar-refractivity contribution in [3.63, 3.8) is 0 Å². The molecule has 16 heavy (non-hydrogen) atoms. The van der Waals surface area contributed by atoms with Gasteiger partial charge in [-0.3, -0.25) is 0 Å². The first-order valence-electron chi connectivity index (χ1n) is 5.59. The van der Waals surface area contributed by atoms with Crippen LogP contribution >= 0.6 is 0 Å². The van der Waals surface area contributed by atoms with Gasteiger partial charge in [-0.1, -0.05) is 13.3 Å². The Kier molecular flexibility index (Phi) is 3.78. The van der Waals surface area contributed by atoms with E-state index in [0.717, 1.165) is 12.8 Å². The Hall–Kier alpha value is -1.26. The van der Waals surface area contributed by atoms with Crippen LogP contribution in [-0.2, 0) is 4.79 Å². The van der Waals surface area contributed by atoms with Crippen LogP contribution in [0.25, 0.3) is 0 Å². The summed E-state index contributed by atoms with van der Waals surface area (Å²) >= 11 is 0. The molecule has 0 radical (unpaired) electrons. The second kappa shape index (κ2) is 4.72. The lowest BCUT2D eigenvalue weighted by molar-refractivity contribution is -0.141. The first-order chi connectivity index (χ1) is 7.36. The van der Waals surface area contributed by atoms with Crippen molar-refractivity contribution in [1.29, 1.82) is 0 Å². The van der Waals surface area contributed by atoms with Crippen molar-refractivity contribution in [3.05, 3.63) is 0 Å². The molecule has 0 spiro atoms.